The summed E-state index contributed by atoms with van der Waals surface area (Å²) in [6, 6.07) is 5.34. The summed E-state index contributed by atoms with van der Waals surface area (Å²) in [5.74, 6) is -0.148. The van der Waals surface area contributed by atoms with Crippen LogP contribution in [0.5, 0.6) is 0 Å². The molecule has 4 nitrogen and oxygen atoms in total. The molecule has 0 radical (unpaired) electrons. The molecule has 3 aliphatic rings. The number of rotatable bonds is 4. The van der Waals surface area contributed by atoms with Crippen LogP contribution in [0.4, 0.5) is 0 Å². The molecule has 1 unspecified atom stereocenters. The number of allylic oxidation sites excluding steroid dienone is 6. The van der Waals surface area contributed by atoms with E-state index in [1.807, 2.05) is 18.2 Å². The molecule has 4 heteroatoms. The van der Waals surface area contributed by atoms with Crippen LogP contribution in [0.3, 0.4) is 0 Å². The first kappa shape index (κ1) is 12.3. The average Bonchev–Trinajstić information content (AvgIpc) is 3.00. The van der Waals surface area contributed by atoms with Gasteiger partial charge in [-0.15, -0.1) is 0 Å². The van der Waals surface area contributed by atoms with Gasteiger partial charge in [0.1, 0.15) is 6.10 Å². The Morgan fingerprint density at radius 2 is 2.24 bits per heavy atom. The van der Waals surface area contributed by atoms with Crippen molar-refractivity contribution in [2.24, 2.45) is 0 Å². The van der Waals surface area contributed by atoms with Crippen molar-refractivity contribution in [1.82, 2.24) is 10.3 Å². The lowest BCUT2D eigenvalue weighted by Gasteiger charge is -2.11. The Kier molecular flexibility index (Phi) is 2.65. The summed E-state index contributed by atoms with van der Waals surface area (Å²) in [6.45, 7) is 0.156. The van der Waals surface area contributed by atoms with E-state index in [0.29, 0.717) is 11.3 Å². The molecule has 1 heterocycles. The van der Waals surface area contributed by atoms with Crippen molar-refractivity contribution >= 4 is 5.91 Å². The third kappa shape index (κ3) is 2.04. The molecule has 0 aromatic carbocycles. The van der Waals surface area contributed by atoms with Crippen LogP contribution in [-0.2, 0) is 4.79 Å². The number of hydrogen-bond donors (Lipinski definition) is 2. The molecule has 4 rings (SSSR count). The highest BCUT2D eigenvalue weighted by Gasteiger charge is 2.35. The van der Waals surface area contributed by atoms with Crippen LogP contribution in [0.25, 0.3) is 0 Å². The minimum absolute atomic E-state index is 0.148. The number of carbonyl (C=O) groups is 1. The molecule has 0 bridgehead atoms. The number of hydrogen-bond acceptors (Lipinski definition) is 3. The summed E-state index contributed by atoms with van der Waals surface area (Å²) in [6.07, 6.45) is 7.85. The third-order valence-electron chi connectivity index (χ3n) is 4.00. The zero-order valence-corrected chi connectivity index (χ0v) is 11.3. The normalized spacial score (nSPS) is 19.4. The fourth-order valence-electron chi connectivity index (χ4n) is 2.80. The van der Waals surface area contributed by atoms with Gasteiger partial charge in [-0.2, -0.15) is 0 Å². The van der Waals surface area contributed by atoms with Crippen molar-refractivity contribution in [2.75, 3.05) is 6.54 Å². The van der Waals surface area contributed by atoms with E-state index in [4.69, 9.17) is 0 Å². The summed E-state index contributed by atoms with van der Waals surface area (Å²) in [5.41, 5.74) is 6.19. The summed E-state index contributed by atoms with van der Waals surface area (Å²) >= 11 is 0. The Morgan fingerprint density at radius 3 is 3.05 bits per heavy atom. The van der Waals surface area contributed by atoms with Crippen molar-refractivity contribution < 1.29 is 9.90 Å². The van der Waals surface area contributed by atoms with Gasteiger partial charge in [0, 0.05) is 18.3 Å². The van der Waals surface area contributed by atoms with Gasteiger partial charge in [-0.25, -0.2) is 0 Å². The van der Waals surface area contributed by atoms with Crippen LogP contribution in [0.15, 0.2) is 70.5 Å². The highest BCUT2D eigenvalue weighted by molar-refractivity contribution is 6.01. The number of carbonyl (C=O) groups excluding carboxylic acids is 1. The van der Waals surface area contributed by atoms with Gasteiger partial charge in [0.05, 0.1) is 5.69 Å². The molecule has 1 saturated carbocycles. The van der Waals surface area contributed by atoms with Gasteiger partial charge in [-0.3, -0.25) is 9.78 Å². The first-order valence-corrected chi connectivity index (χ1v) is 6.98. The fourth-order valence-corrected chi connectivity index (χ4v) is 2.80. The molecule has 3 aliphatic carbocycles. The molecule has 1 aromatic rings. The molecule has 1 fully saturated rings. The number of fused-ring (bicyclic) bond motifs is 2. The first-order valence-electron chi connectivity index (χ1n) is 6.98. The Bertz CT molecular complexity index is 754. The monoisotopic (exact) mass is 278 g/mol. The minimum Gasteiger partial charge on any atom is -0.385 e. The van der Waals surface area contributed by atoms with Gasteiger partial charge in [0.2, 0.25) is 0 Å². The summed E-state index contributed by atoms with van der Waals surface area (Å²) in [5, 5.41) is 12.8. The maximum Gasteiger partial charge on any atom is 0.252 e. The molecule has 0 saturated heterocycles. The van der Waals surface area contributed by atoms with Crippen LogP contribution in [0.2, 0.25) is 0 Å². The number of pyridine rings is 1. The van der Waals surface area contributed by atoms with Gasteiger partial charge < -0.3 is 10.4 Å². The number of amides is 1. The van der Waals surface area contributed by atoms with Crippen LogP contribution in [0, 0.1) is 0 Å². The molecule has 1 amide bonds. The Labute approximate surface area is 122 Å². The number of nitrogens with one attached hydrogen (secondary N) is 1. The SMILES string of the molecule is O=C(NCC(O)c1ccccn1)C1=C2C=C3CC3=C2C=C1. The van der Waals surface area contributed by atoms with Crippen molar-refractivity contribution in [3.63, 3.8) is 0 Å². The van der Waals surface area contributed by atoms with Gasteiger partial charge in [-0.05, 0) is 53.0 Å². The zero-order chi connectivity index (χ0) is 14.4. The lowest BCUT2D eigenvalue weighted by molar-refractivity contribution is -0.117. The summed E-state index contributed by atoms with van der Waals surface area (Å²) < 4.78 is 0. The number of aliphatic hydroxyl groups excluding tert-OH is 1. The largest absolute Gasteiger partial charge is 0.385 e. The van der Waals surface area contributed by atoms with Gasteiger partial charge in [-0.1, -0.05) is 12.1 Å². The van der Waals surface area contributed by atoms with E-state index in [2.05, 4.69) is 16.4 Å². The zero-order valence-electron chi connectivity index (χ0n) is 11.3. The highest BCUT2D eigenvalue weighted by Crippen LogP contribution is 2.51. The van der Waals surface area contributed by atoms with E-state index in [-0.39, 0.29) is 12.5 Å². The lowest BCUT2D eigenvalue weighted by atomic mass is 10.1. The second-order valence-corrected chi connectivity index (χ2v) is 5.38. The van der Waals surface area contributed by atoms with E-state index in [9.17, 15) is 9.90 Å². The minimum atomic E-state index is -0.792. The molecule has 0 aliphatic heterocycles. The lowest BCUT2D eigenvalue weighted by Crippen LogP contribution is -2.29. The van der Waals surface area contributed by atoms with Gasteiger partial charge >= 0.3 is 0 Å². The maximum atomic E-state index is 12.2. The first-order chi connectivity index (χ1) is 10.2. The smallest absolute Gasteiger partial charge is 0.252 e. The second kappa shape index (κ2) is 4.53. The van der Waals surface area contributed by atoms with E-state index in [0.717, 1.165) is 12.0 Å². The third-order valence-corrected chi connectivity index (χ3v) is 4.00. The van der Waals surface area contributed by atoms with E-state index < -0.39 is 6.10 Å². The highest BCUT2D eigenvalue weighted by atomic mass is 16.3. The van der Waals surface area contributed by atoms with Gasteiger partial charge in [0.15, 0.2) is 0 Å². The predicted octanol–water partition coefficient (Wildman–Crippen LogP) is 1.74. The van der Waals surface area contributed by atoms with Crippen LogP contribution < -0.4 is 5.32 Å². The topological polar surface area (TPSA) is 62.2 Å². The van der Waals surface area contributed by atoms with E-state index in [1.54, 1.807) is 18.3 Å². The van der Waals surface area contributed by atoms with Crippen molar-refractivity contribution in [2.45, 2.75) is 12.5 Å². The van der Waals surface area contributed by atoms with E-state index in [1.165, 1.54) is 16.7 Å². The Hall–Kier alpha value is -2.46. The predicted molar refractivity (Wildman–Crippen MR) is 78.1 cm³/mol. The Balaban J connectivity index is 1.44. The van der Waals surface area contributed by atoms with Crippen LogP contribution in [-0.4, -0.2) is 22.5 Å². The average molecular weight is 278 g/mol. The van der Waals surface area contributed by atoms with Crippen molar-refractivity contribution in [3.05, 3.63) is 76.2 Å². The molecular weight excluding hydrogens is 264 g/mol. The quantitative estimate of drug-likeness (QED) is 0.882. The molecular formula is C17H14N2O2. The fraction of sp³-hybridized carbons (Fsp3) is 0.176. The van der Waals surface area contributed by atoms with Gasteiger partial charge in [0.25, 0.3) is 5.91 Å². The number of aromatic nitrogens is 1. The van der Waals surface area contributed by atoms with Crippen molar-refractivity contribution in [3.8, 4) is 0 Å². The molecule has 1 aromatic heterocycles. The van der Waals surface area contributed by atoms with Crippen LogP contribution in [0.1, 0.15) is 18.2 Å². The summed E-state index contributed by atoms with van der Waals surface area (Å²) in [7, 11) is 0. The standard InChI is InChI=1S/C17H14N2O2/c20-16(15-3-1-2-6-18-15)9-19-17(21)12-5-4-11-13-7-10(13)8-14(11)12/h1-6,8,16,20H,7,9H2,(H,19,21). The molecule has 0 spiro atoms. The molecule has 21 heavy (non-hydrogen) atoms. The van der Waals surface area contributed by atoms with Crippen LogP contribution >= 0.6 is 0 Å². The molecule has 104 valence electrons. The van der Waals surface area contributed by atoms with E-state index >= 15 is 0 Å². The summed E-state index contributed by atoms with van der Waals surface area (Å²) in [4.78, 5) is 16.3. The second-order valence-electron chi connectivity index (χ2n) is 5.38. The Morgan fingerprint density at radius 1 is 1.33 bits per heavy atom. The number of nitrogens with zero attached hydrogens (tertiary/aromatic N) is 1. The molecule has 2 N–H and O–H groups in total. The molecule has 1 atom stereocenters. The number of aliphatic hydroxyl groups is 1. The maximum absolute atomic E-state index is 12.2. The van der Waals surface area contributed by atoms with Crippen molar-refractivity contribution in [1.29, 1.82) is 0 Å².